The zero-order valence-corrected chi connectivity index (χ0v) is 13.7. The van der Waals surface area contributed by atoms with Crippen molar-refractivity contribution in [3.05, 3.63) is 12.0 Å². The zero-order chi connectivity index (χ0) is 16.1. The fourth-order valence-corrected chi connectivity index (χ4v) is 3.94. The van der Waals surface area contributed by atoms with Gasteiger partial charge < -0.3 is 9.88 Å². The van der Waals surface area contributed by atoms with Gasteiger partial charge in [0.2, 0.25) is 20.1 Å². The van der Waals surface area contributed by atoms with Crippen LogP contribution in [0.25, 0.3) is 21.4 Å². The minimum atomic E-state index is -3.41. The summed E-state index contributed by atoms with van der Waals surface area (Å²) in [6.07, 6.45) is 2.78. The summed E-state index contributed by atoms with van der Waals surface area (Å²) in [5, 5.41) is 2.54. The SMILES string of the molecule is CNC(=O)Cc1nc2sc(S(C)(=O)=O)nc2c2c1ncn2C. The van der Waals surface area contributed by atoms with Gasteiger partial charge in [-0.05, 0) is 0 Å². The Morgan fingerprint density at radius 3 is 2.73 bits per heavy atom. The van der Waals surface area contributed by atoms with Crippen LogP contribution in [-0.4, -0.2) is 47.1 Å². The largest absolute Gasteiger partial charge is 0.359 e. The van der Waals surface area contributed by atoms with Crippen LogP contribution in [0.2, 0.25) is 0 Å². The first kappa shape index (κ1) is 14.9. The van der Waals surface area contributed by atoms with Gasteiger partial charge >= 0.3 is 0 Å². The van der Waals surface area contributed by atoms with Crippen molar-refractivity contribution < 1.29 is 13.2 Å². The molecule has 1 amide bonds. The smallest absolute Gasteiger partial charge is 0.225 e. The first-order valence-corrected chi connectivity index (χ1v) is 9.03. The molecule has 0 bridgehead atoms. The van der Waals surface area contributed by atoms with E-state index in [2.05, 4.69) is 20.3 Å². The lowest BCUT2D eigenvalue weighted by atomic mass is 10.2. The lowest BCUT2D eigenvalue weighted by Crippen LogP contribution is -2.20. The van der Waals surface area contributed by atoms with Crippen LogP contribution in [0, 0.1) is 0 Å². The molecule has 116 valence electrons. The molecule has 0 spiro atoms. The van der Waals surface area contributed by atoms with E-state index < -0.39 is 9.84 Å². The highest BCUT2D eigenvalue weighted by Crippen LogP contribution is 2.30. The number of carbonyl (C=O) groups excluding carboxylic acids is 1. The number of carbonyl (C=O) groups is 1. The Bertz CT molecular complexity index is 1000. The molecule has 3 heterocycles. The number of pyridine rings is 1. The fourth-order valence-electron chi connectivity index (χ4n) is 2.14. The topological polar surface area (TPSA) is 107 Å². The highest BCUT2D eigenvalue weighted by atomic mass is 32.2. The van der Waals surface area contributed by atoms with Crippen LogP contribution in [-0.2, 0) is 28.1 Å². The van der Waals surface area contributed by atoms with Crippen molar-refractivity contribution in [1.82, 2.24) is 24.8 Å². The van der Waals surface area contributed by atoms with E-state index in [0.29, 0.717) is 27.1 Å². The van der Waals surface area contributed by atoms with Crippen molar-refractivity contribution in [2.75, 3.05) is 13.3 Å². The van der Waals surface area contributed by atoms with Crippen molar-refractivity contribution >= 4 is 48.5 Å². The first-order valence-electron chi connectivity index (χ1n) is 6.32. The van der Waals surface area contributed by atoms with E-state index in [4.69, 9.17) is 0 Å². The molecular formula is C12H13N5O3S2. The number of fused-ring (bicyclic) bond motifs is 3. The monoisotopic (exact) mass is 339 g/mol. The Balaban J connectivity index is 2.35. The Labute approximate surface area is 130 Å². The van der Waals surface area contributed by atoms with Crippen LogP contribution < -0.4 is 5.32 Å². The summed E-state index contributed by atoms with van der Waals surface area (Å²) < 4.78 is 25.2. The number of likely N-dealkylation sites (N-methyl/N-ethyl adjacent to an activating group) is 1. The number of nitrogens with one attached hydrogen (secondary N) is 1. The molecule has 3 aromatic heterocycles. The molecular weight excluding hydrogens is 326 g/mol. The minimum Gasteiger partial charge on any atom is -0.359 e. The number of amides is 1. The van der Waals surface area contributed by atoms with Gasteiger partial charge in [-0.3, -0.25) is 4.79 Å². The number of hydrogen-bond acceptors (Lipinski definition) is 7. The average molecular weight is 339 g/mol. The van der Waals surface area contributed by atoms with Gasteiger partial charge in [0.05, 0.1) is 24.0 Å². The third kappa shape index (κ3) is 2.33. The van der Waals surface area contributed by atoms with Gasteiger partial charge in [-0.25, -0.2) is 23.4 Å². The molecule has 0 atom stereocenters. The first-order chi connectivity index (χ1) is 10.3. The van der Waals surface area contributed by atoms with Crippen LogP contribution in [0.5, 0.6) is 0 Å². The number of imidazole rings is 1. The minimum absolute atomic E-state index is 0.00888. The van der Waals surface area contributed by atoms with Gasteiger partial charge in [0.1, 0.15) is 15.9 Å². The number of rotatable bonds is 3. The third-order valence-corrected chi connectivity index (χ3v) is 5.81. The van der Waals surface area contributed by atoms with Crippen LogP contribution in [0.1, 0.15) is 5.69 Å². The summed E-state index contributed by atoms with van der Waals surface area (Å²) in [5.41, 5.74) is 2.23. The molecule has 1 N–H and O–H groups in total. The van der Waals surface area contributed by atoms with Gasteiger partial charge in [-0.1, -0.05) is 11.3 Å². The molecule has 0 aliphatic carbocycles. The number of hydrogen-bond donors (Lipinski definition) is 1. The van der Waals surface area contributed by atoms with Crippen LogP contribution in [0.15, 0.2) is 10.7 Å². The van der Waals surface area contributed by atoms with Crippen molar-refractivity contribution in [3.63, 3.8) is 0 Å². The predicted octanol–water partition coefficient (Wildman–Crippen LogP) is 0.270. The summed E-state index contributed by atoms with van der Waals surface area (Å²) in [7, 11) is -0.0752. The summed E-state index contributed by atoms with van der Waals surface area (Å²) in [6.45, 7) is 0. The van der Waals surface area contributed by atoms with E-state index in [1.54, 1.807) is 25.0 Å². The van der Waals surface area contributed by atoms with Crippen LogP contribution in [0.4, 0.5) is 0 Å². The van der Waals surface area contributed by atoms with E-state index >= 15 is 0 Å². The molecule has 0 saturated carbocycles. The van der Waals surface area contributed by atoms with Gasteiger partial charge in [0.15, 0.2) is 0 Å². The zero-order valence-electron chi connectivity index (χ0n) is 12.1. The second-order valence-corrected chi connectivity index (χ2v) is 8.03. The molecule has 0 fully saturated rings. The normalized spacial score (nSPS) is 12.1. The number of nitrogens with zero attached hydrogens (tertiary/aromatic N) is 4. The summed E-state index contributed by atoms with van der Waals surface area (Å²) in [6, 6.07) is 0. The second-order valence-electron chi connectivity index (χ2n) is 4.87. The predicted molar refractivity (Wildman–Crippen MR) is 82.6 cm³/mol. The van der Waals surface area contributed by atoms with E-state index in [9.17, 15) is 13.2 Å². The molecule has 22 heavy (non-hydrogen) atoms. The quantitative estimate of drug-likeness (QED) is 0.734. The Hall–Kier alpha value is -2.07. The number of aryl methyl sites for hydroxylation is 1. The fraction of sp³-hybridized carbons (Fsp3) is 0.333. The Morgan fingerprint density at radius 2 is 2.09 bits per heavy atom. The third-order valence-electron chi connectivity index (χ3n) is 3.18. The maximum absolute atomic E-state index is 11.7. The highest BCUT2D eigenvalue weighted by molar-refractivity contribution is 7.92. The van der Waals surface area contributed by atoms with E-state index in [1.807, 2.05) is 0 Å². The molecule has 8 nitrogen and oxygen atoms in total. The maximum atomic E-state index is 11.7. The molecule has 0 aromatic carbocycles. The van der Waals surface area contributed by atoms with Gasteiger partial charge in [-0.15, -0.1) is 0 Å². The van der Waals surface area contributed by atoms with E-state index in [0.717, 1.165) is 17.6 Å². The molecule has 10 heteroatoms. The molecule has 0 radical (unpaired) electrons. The number of aromatic nitrogens is 4. The standard InChI is InChI=1S/C12H13N5O3S2/c1-13-7(18)4-6-8-10(17(2)5-14-8)9-11(15-6)21-12(16-9)22(3,19)20/h5H,4H2,1-3H3,(H,13,18). The average Bonchev–Trinajstić information content (AvgIpc) is 3.02. The molecule has 0 aliphatic heterocycles. The van der Waals surface area contributed by atoms with Crippen LogP contribution in [0.3, 0.4) is 0 Å². The Kier molecular flexibility index (Phi) is 3.37. The van der Waals surface area contributed by atoms with Crippen molar-refractivity contribution in [2.24, 2.45) is 7.05 Å². The van der Waals surface area contributed by atoms with Gasteiger partial charge in [0.25, 0.3) is 0 Å². The Morgan fingerprint density at radius 1 is 1.36 bits per heavy atom. The number of sulfone groups is 1. The summed E-state index contributed by atoms with van der Waals surface area (Å²) in [5.74, 6) is -0.188. The molecule has 0 unspecified atom stereocenters. The molecule has 3 aromatic rings. The summed E-state index contributed by atoms with van der Waals surface area (Å²) >= 11 is 0.997. The lowest BCUT2D eigenvalue weighted by molar-refractivity contribution is -0.119. The number of thiazole rings is 1. The lowest BCUT2D eigenvalue weighted by Gasteiger charge is -2.02. The van der Waals surface area contributed by atoms with Crippen molar-refractivity contribution in [1.29, 1.82) is 0 Å². The van der Waals surface area contributed by atoms with E-state index in [1.165, 1.54) is 0 Å². The molecule has 3 rings (SSSR count). The van der Waals surface area contributed by atoms with E-state index in [-0.39, 0.29) is 16.7 Å². The van der Waals surface area contributed by atoms with Crippen LogP contribution >= 0.6 is 11.3 Å². The van der Waals surface area contributed by atoms with Gasteiger partial charge in [-0.2, -0.15) is 0 Å². The highest BCUT2D eigenvalue weighted by Gasteiger charge is 2.21. The molecule has 0 saturated heterocycles. The van der Waals surface area contributed by atoms with Crippen molar-refractivity contribution in [2.45, 2.75) is 10.8 Å². The van der Waals surface area contributed by atoms with Gasteiger partial charge in [0, 0.05) is 20.4 Å². The maximum Gasteiger partial charge on any atom is 0.225 e. The van der Waals surface area contributed by atoms with Crippen molar-refractivity contribution in [3.8, 4) is 0 Å². The second kappa shape index (κ2) is 4.99. The molecule has 0 aliphatic rings. The summed E-state index contributed by atoms with van der Waals surface area (Å²) in [4.78, 5) is 25.0.